The Labute approximate surface area is 75.2 Å². The van der Waals surface area contributed by atoms with Crippen LogP contribution in [0.1, 0.15) is 13.3 Å². The van der Waals surface area contributed by atoms with Crippen molar-refractivity contribution in [3.8, 4) is 0 Å². The molecule has 0 aromatic carbocycles. The van der Waals surface area contributed by atoms with Crippen LogP contribution < -0.4 is 5.73 Å². The van der Waals surface area contributed by atoms with Crippen LogP contribution in [0.25, 0.3) is 0 Å². The molecule has 1 fully saturated rings. The van der Waals surface area contributed by atoms with Crippen LogP contribution in [-0.2, 0) is 9.47 Å². The van der Waals surface area contributed by atoms with Crippen molar-refractivity contribution in [3.05, 3.63) is 0 Å². The van der Waals surface area contributed by atoms with Crippen molar-refractivity contribution in [2.75, 3.05) is 0 Å². The first-order valence-corrected chi connectivity index (χ1v) is 3.98. The first kappa shape index (κ1) is 10.2. The van der Waals surface area contributed by atoms with Crippen molar-refractivity contribution >= 4 is 6.09 Å². The topological polar surface area (TPSA) is 102 Å². The molecule has 6 nitrogen and oxygen atoms in total. The van der Waals surface area contributed by atoms with Gasteiger partial charge in [0.15, 0.2) is 6.29 Å². The fourth-order valence-corrected chi connectivity index (χ4v) is 1.29. The summed E-state index contributed by atoms with van der Waals surface area (Å²) in [5.41, 5.74) is 4.78. The van der Waals surface area contributed by atoms with E-state index in [0.717, 1.165) is 0 Å². The van der Waals surface area contributed by atoms with Crippen molar-refractivity contribution in [1.29, 1.82) is 0 Å². The minimum absolute atomic E-state index is 0.0362. The van der Waals surface area contributed by atoms with Gasteiger partial charge in [-0.05, 0) is 6.92 Å². The van der Waals surface area contributed by atoms with E-state index < -0.39 is 30.7 Å². The van der Waals surface area contributed by atoms with E-state index in [-0.39, 0.29) is 6.42 Å². The lowest BCUT2D eigenvalue weighted by Gasteiger charge is -2.34. The van der Waals surface area contributed by atoms with E-state index >= 15 is 0 Å². The second-order valence-electron chi connectivity index (χ2n) is 3.00. The maximum Gasteiger partial charge on any atom is 0.404 e. The minimum atomic E-state index is -1.03. The highest BCUT2D eigenvalue weighted by Crippen LogP contribution is 2.20. The second kappa shape index (κ2) is 3.91. The average Bonchev–Trinajstić information content (AvgIpc) is 1.98. The molecule has 4 N–H and O–H groups in total. The monoisotopic (exact) mass is 191 g/mol. The van der Waals surface area contributed by atoms with Gasteiger partial charge in [0.05, 0.1) is 6.10 Å². The molecule has 4 atom stereocenters. The highest BCUT2D eigenvalue weighted by molar-refractivity contribution is 5.64. The predicted molar refractivity (Wildman–Crippen MR) is 41.6 cm³/mol. The Balaban J connectivity index is 2.55. The molecule has 0 saturated carbocycles. The molecule has 0 aromatic rings. The summed E-state index contributed by atoms with van der Waals surface area (Å²) in [6.45, 7) is 1.57. The number of rotatable bonds is 1. The quantitative estimate of drug-likeness (QED) is 0.490. The number of primary amides is 1. The van der Waals surface area contributed by atoms with E-state index in [0.29, 0.717) is 0 Å². The molecule has 1 amide bonds. The standard InChI is InChI=1S/C7H13NO5/c1-3-6(10)4(13-7(8)11)2-5(9)12-3/h3-6,9-10H,2H2,1H3,(H2,8,11)/t3-,4-,5?,6+/m0/s1. The highest BCUT2D eigenvalue weighted by Gasteiger charge is 2.36. The molecule has 1 unspecified atom stereocenters. The van der Waals surface area contributed by atoms with E-state index in [1.54, 1.807) is 6.92 Å². The molecular formula is C7H13NO5. The molecule has 1 rings (SSSR count). The van der Waals surface area contributed by atoms with E-state index in [1.807, 2.05) is 0 Å². The first-order valence-electron chi connectivity index (χ1n) is 3.98. The summed E-state index contributed by atoms with van der Waals surface area (Å²) >= 11 is 0. The van der Waals surface area contributed by atoms with Crippen molar-refractivity contribution in [2.45, 2.75) is 37.9 Å². The Bertz CT molecular complexity index is 197. The third-order valence-electron chi connectivity index (χ3n) is 1.94. The summed E-state index contributed by atoms with van der Waals surface area (Å²) in [6, 6.07) is 0. The van der Waals surface area contributed by atoms with Crippen LogP contribution in [0, 0.1) is 0 Å². The molecule has 0 radical (unpaired) electrons. The van der Waals surface area contributed by atoms with Gasteiger partial charge < -0.3 is 25.4 Å². The van der Waals surface area contributed by atoms with Crippen LogP contribution in [0.5, 0.6) is 0 Å². The van der Waals surface area contributed by atoms with Gasteiger partial charge in [-0.1, -0.05) is 0 Å². The molecule has 1 saturated heterocycles. The van der Waals surface area contributed by atoms with E-state index in [2.05, 4.69) is 4.74 Å². The smallest absolute Gasteiger partial charge is 0.404 e. The Hall–Kier alpha value is -0.850. The fourth-order valence-electron chi connectivity index (χ4n) is 1.29. The Morgan fingerprint density at radius 1 is 1.62 bits per heavy atom. The number of carbonyl (C=O) groups excluding carboxylic acids is 1. The number of aliphatic hydroxyl groups is 2. The van der Waals surface area contributed by atoms with Gasteiger partial charge in [-0.3, -0.25) is 0 Å². The van der Waals surface area contributed by atoms with Crippen molar-refractivity contribution in [3.63, 3.8) is 0 Å². The van der Waals surface area contributed by atoms with Crippen LogP contribution in [-0.4, -0.2) is 40.9 Å². The van der Waals surface area contributed by atoms with Gasteiger partial charge in [0.1, 0.15) is 12.2 Å². The van der Waals surface area contributed by atoms with Crippen LogP contribution in [0.3, 0.4) is 0 Å². The number of ether oxygens (including phenoxy) is 2. The molecule has 1 heterocycles. The molecule has 0 aromatic heterocycles. The van der Waals surface area contributed by atoms with Crippen LogP contribution in [0.4, 0.5) is 4.79 Å². The molecule has 76 valence electrons. The van der Waals surface area contributed by atoms with Gasteiger partial charge in [0.2, 0.25) is 0 Å². The van der Waals surface area contributed by atoms with Crippen molar-refractivity contribution in [1.82, 2.24) is 0 Å². The van der Waals surface area contributed by atoms with Gasteiger partial charge >= 0.3 is 6.09 Å². The molecule has 6 heteroatoms. The number of hydrogen-bond donors (Lipinski definition) is 3. The Morgan fingerprint density at radius 3 is 2.77 bits per heavy atom. The molecule has 0 bridgehead atoms. The van der Waals surface area contributed by atoms with E-state index in [1.165, 1.54) is 0 Å². The molecule has 1 aliphatic heterocycles. The summed E-state index contributed by atoms with van der Waals surface area (Å²) in [5.74, 6) is 0. The third-order valence-corrected chi connectivity index (χ3v) is 1.94. The number of hydrogen-bond acceptors (Lipinski definition) is 5. The number of carbonyl (C=O) groups is 1. The lowest BCUT2D eigenvalue weighted by Crippen LogP contribution is -2.49. The Kier molecular flexibility index (Phi) is 3.07. The van der Waals surface area contributed by atoms with Gasteiger partial charge in [-0.25, -0.2) is 4.79 Å². The fraction of sp³-hybridized carbons (Fsp3) is 0.857. The van der Waals surface area contributed by atoms with Crippen LogP contribution in [0.15, 0.2) is 0 Å². The zero-order valence-corrected chi connectivity index (χ0v) is 7.21. The van der Waals surface area contributed by atoms with Crippen molar-refractivity contribution < 1.29 is 24.5 Å². The summed E-state index contributed by atoms with van der Waals surface area (Å²) in [5, 5.41) is 18.6. The van der Waals surface area contributed by atoms with Crippen LogP contribution >= 0.6 is 0 Å². The average molecular weight is 191 g/mol. The molecular weight excluding hydrogens is 178 g/mol. The molecule has 13 heavy (non-hydrogen) atoms. The van der Waals surface area contributed by atoms with E-state index in [9.17, 15) is 9.90 Å². The maximum atomic E-state index is 10.4. The lowest BCUT2D eigenvalue weighted by molar-refractivity contribution is -0.225. The summed E-state index contributed by atoms with van der Waals surface area (Å²) < 4.78 is 9.48. The molecule has 0 aliphatic carbocycles. The largest absolute Gasteiger partial charge is 0.443 e. The highest BCUT2D eigenvalue weighted by atomic mass is 16.6. The van der Waals surface area contributed by atoms with Crippen LogP contribution in [0.2, 0.25) is 0 Å². The Morgan fingerprint density at radius 2 is 2.23 bits per heavy atom. The number of nitrogens with two attached hydrogens (primary N) is 1. The summed E-state index contributed by atoms with van der Waals surface area (Å²) in [7, 11) is 0. The SMILES string of the molecule is C[C@@H]1OC(O)C[C@H](OC(N)=O)[C@@H]1O. The van der Waals surface area contributed by atoms with Gasteiger partial charge in [-0.2, -0.15) is 0 Å². The van der Waals surface area contributed by atoms with E-state index in [4.69, 9.17) is 15.6 Å². The zero-order valence-electron chi connectivity index (χ0n) is 7.21. The second-order valence-corrected chi connectivity index (χ2v) is 3.00. The minimum Gasteiger partial charge on any atom is -0.443 e. The zero-order chi connectivity index (χ0) is 10.0. The lowest BCUT2D eigenvalue weighted by atomic mass is 10.0. The predicted octanol–water partition coefficient (Wildman–Crippen LogP) is -1.06. The third kappa shape index (κ3) is 2.55. The van der Waals surface area contributed by atoms with Crippen molar-refractivity contribution in [2.24, 2.45) is 5.73 Å². The van der Waals surface area contributed by atoms with Gasteiger partial charge in [-0.15, -0.1) is 0 Å². The normalized spacial score (nSPS) is 39.9. The molecule has 1 aliphatic rings. The first-order chi connectivity index (χ1) is 6.00. The molecule has 0 spiro atoms. The number of amides is 1. The summed E-state index contributed by atoms with van der Waals surface area (Å²) in [4.78, 5) is 10.4. The van der Waals surface area contributed by atoms with Gasteiger partial charge in [0, 0.05) is 6.42 Å². The maximum absolute atomic E-state index is 10.4. The van der Waals surface area contributed by atoms with Gasteiger partial charge in [0.25, 0.3) is 0 Å². The number of aliphatic hydroxyl groups excluding tert-OH is 2. The summed E-state index contributed by atoms with van der Waals surface area (Å²) in [6.07, 6.45) is -4.28.